The van der Waals surface area contributed by atoms with Crippen molar-refractivity contribution in [2.24, 2.45) is 5.92 Å². The molecule has 1 heterocycles. The quantitative estimate of drug-likeness (QED) is 0.722. The number of carboxylic acids is 1. The summed E-state index contributed by atoms with van der Waals surface area (Å²) in [5.41, 5.74) is 0.499. The molecule has 0 saturated carbocycles. The molecule has 1 aromatic heterocycles. The highest BCUT2D eigenvalue weighted by molar-refractivity contribution is 5.87. The van der Waals surface area contributed by atoms with Gasteiger partial charge in [-0.05, 0) is 25.0 Å². The zero-order valence-corrected chi connectivity index (χ0v) is 11.3. The van der Waals surface area contributed by atoms with Crippen LogP contribution in [0.2, 0.25) is 0 Å². The number of nitrogens with one attached hydrogen (secondary N) is 2. The second-order valence-corrected chi connectivity index (χ2v) is 4.74. The topological polar surface area (TPSA) is 91.3 Å². The number of amides is 1. The maximum Gasteiger partial charge on any atom is 0.354 e. The average molecular weight is 265 g/mol. The summed E-state index contributed by atoms with van der Waals surface area (Å²) >= 11 is 0. The molecule has 0 aliphatic carbocycles. The van der Waals surface area contributed by atoms with Crippen LogP contribution in [-0.4, -0.2) is 34.6 Å². The Balaban J connectivity index is 2.61. The average Bonchev–Trinajstić information content (AvgIpc) is 2.36. The highest BCUT2D eigenvalue weighted by Crippen LogP contribution is 2.09. The SMILES string of the molecule is CC(C)CNC(=O)C(C)Nc1ccnc(C(=O)O)c1. The van der Waals surface area contributed by atoms with Crippen LogP contribution in [0.3, 0.4) is 0 Å². The van der Waals surface area contributed by atoms with E-state index in [4.69, 9.17) is 5.11 Å². The number of hydrogen-bond donors (Lipinski definition) is 3. The molecule has 0 radical (unpaired) electrons. The van der Waals surface area contributed by atoms with Gasteiger partial charge in [-0.2, -0.15) is 0 Å². The van der Waals surface area contributed by atoms with E-state index in [1.807, 2.05) is 13.8 Å². The minimum atomic E-state index is -1.10. The van der Waals surface area contributed by atoms with E-state index >= 15 is 0 Å². The molecule has 0 aliphatic rings. The van der Waals surface area contributed by atoms with Gasteiger partial charge in [0.25, 0.3) is 0 Å². The van der Waals surface area contributed by atoms with Crippen molar-refractivity contribution < 1.29 is 14.7 Å². The number of carboxylic acid groups (broad SMARTS) is 1. The largest absolute Gasteiger partial charge is 0.477 e. The molecule has 3 N–H and O–H groups in total. The molecule has 1 aromatic rings. The molecule has 1 rings (SSSR count). The third-order valence-corrected chi connectivity index (χ3v) is 2.44. The number of hydrogen-bond acceptors (Lipinski definition) is 4. The minimum absolute atomic E-state index is 0.0558. The Kier molecular flexibility index (Phi) is 5.29. The Labute approximate surface area is 112 Å². The molecule has 0 aromatic carbocycles. The van der Waals surface area contributed by atoms with Crippen LogP contribution in [0, 0.1) is 5.92 Å². The third kappa shape index (κ3) is 4.95. The fourth-order valence-corrected chi connectivity index (χ4v) is 1.41. The lowest BCUT2D eigenvalue weighted by molar-refractivity contribution is -0.121. The highest BCUT2D eigenvalue weighted by Gasteiger charge is 2.13. The second kappa shape index (κ2) is 6.72. The molecule has 0 saturated heterocycles. The van der Waals surface area contributed by atoms with E-state index in [1.165, 1.54) is 12.3 Å². The molecule has 19 heavy (non-hydrogen) atoms. The molecule has 104 valence electrons. The Morgan fingerprint density at radius 1 is 1.37 bits per heavy atom. The Bertz CT molecular complexity index is 460. The monoisotopic (exact) mass is 265 g/mol. The van der Waals surface area contributed by atoms with Gasteiger partial charge < -0.3 is 15.7 Å². The number of nitrogens with zero attached hydrogens (tertiary/aromatic N) is 1. The molecule has 0 fully saturated rings. The number of carbonyl (C=O) groups is 2. The van der Waals surface area contributed by atoms with Crippen LogP contribution >= 0.6 is 0 Å². The summed E-state index contributed by atoms with van der Waals surface area (Å²) < 4.78 is 0. The van der Waals surface area contributed by atoms with Crippen LogP contribution in [0.1, 0.15) is 31.3 Å². The summed E-state index contributed by atoms with van der Waals surface area (Å²) in [7, 11) is 0. The predicted octanol–water partition coefficient (Wildman–Crippen LogP) is 1.35. The zero-order valence-electron chi connectivity index (χ0n) is 11.3. The van der Waals surface area contributed by atoms with Crippen molar-refractivity contribution in [1.29, 1.82) is 0 Å². The summed E-state index contributed by atoms with van der Waals surface area (Å²) in [5.74, 6) is -0.835. The van der Waals surface area contributed by atoms with Gasteiger partial charge in [-0.3, -0.25) is 4.79 Å². The second-order valence-electron chi connectivity index (χ2n) is 4.74. The van der Waals surface area contributed by atoms with Gasteiger partial charge in [-0.15, -0.1) is 0 Å². The number of rotatable bonds is 6. The number of anilines is 1. The van der Waals surface area contributed by atoms with Gasteiger partial charge in [0, 0.05) is 18.4 Å². The van der Waals surface area contributed by atoms with E-state index in [2.05, 4.69) is 15.6 Å². The van der Waals surface area contributed by atoms with Crippen molar-refractivity contribution in [3.63, 3.8) is 0 Å². The molecule has 6 nitrogen and oxygen atoms in total. The number of pyridine rings is 1. The zero-order chi connectivity index (χ0) is 14.4. The number of carbonyl (C=O) groups excluding carboxylic acids is 1. The van der Waals surface area contributed by atoms with Crippen LogP contribution < -0.4 is 10.6 Å². The Morgan fingerprint density at radius 2 is 2.05 bits per heavy atom. The van der Waals surface area contributed by atoms with E-state index in [1.54, 1.807) is 13.0 Å². The first-order valence-corrected chi connectivity index (χ1v) is 6.13. The van der Waals surface area contributed by atoms with Crippen molar-refractivity contribution in [1.82, 2.24) is 10.3 Å². The van der Waals surface area contributed by atoms with Gasteiger partial charge in [0.1, 0.15) is 11.7 Å². The van der Waals surface area contributed by atoms with Crippen LogP contribution in [0.4, 0.5) is 5.69 Å². The summed E-state index contributed by atoms with van der Waals surface area (Å²) in [5, 5.41) is 14.6. The summed E-state index contributed by atoms with van der Waals surface area (Å²) in [4.78, 5) is 26.3. The lowest BCUT2D eigenvalue weighted by Gasteiger charge is -2.16. The first-order chi connectivity index (χ1) is 8.90. The Morgan fingerprint density at radius 3 is 2.63 bits per heavy atom. The van der Waals surface area contributed by atoms with E-state index in [9.17, 15) is 9.59 Å². The van der Waals surface area contributed by atoms with Crippen LogP contribution in [-0.2, 0) is 4.79 Å². The van der Waals surface area contributed by atoms with Gasteiger partial charge in [0.2, 0.25) is 5.91 Å². The van der Waals surface area contributed by atoms with E-state index in [0.717, 1.165) is 0 Å². The van der Waals surface area contributed by atoms with Crippen molar-refractivity contribution in [2.45, 2.75) is 26.8 Å². The maximum absolute atomic E-state index is 11.8. The molecular weight excluding hydrogens is 246 g/mol. The van der Waals surface area contributed by atoms with Crippen molar-refractivity contribution in [3.8, 4) is 0 Å². The van der Waals surface area contributed by atoms with Gasteiger partial charge in [0.05, 0.1) is 0 Å². The van der Waals surface area contributed by atoms with Crippen LogP contribution in [0.5, 0.6) is 0 Å². The van der Waals surface area contributed by atoms with Gasteiger partial charge in [0.15, 0.2) is 0 Å². The molecule has 0 bridgehead atoms. The molecule has 1 unspecified atom stereocenters. The fraction of sp³-hybridized carbons (Fsp3) is 0.462. The lowest BCUT2D eigenvalue weighted by Crippen LogP contribution is -2.39. The van der Waals surface area contributed by atoms with Crippen molar-refractivity contribution in [2.75, 3.05) is 11.9 Å². The highest BCUT2D eigenvalue weighted by atomic mass is 16.4. The first kappa shape index (κ1) is 14.9. The maximum atomic E-state index is 11.8. The van der Waals surface area contributed by atoms with Gasteiger partial charge >= 0.3 is 5.97 Å². The first-order valence-electron chi connectivity index (χ1n) is 6.13. The number of aromatic carboxylic acids is 1. The standard InChI is InChI=1S/C13H19N3O3/c1-8(2)7-15-12(17)9(3)16-10-4-5-14-11(6-10)13(18)19/h4-6,8-9H,7H2,1-3H3,(H,14,16)(H,15,17)(H,18,19). The summed E-state index contributed by atoms with van der Waals surface area (Å²) in [6.07, 6.45) is 1.39. The smallest absolute Gasteiger partial charge is 0.354 e. The van der Waals surface area contributed by atoms with E-state index < -0.39 is 12.0 Å². The van der Waals surface area contributed by atoms with Crippen molar-refractivity contribution in [3.05, 3.63) is 24.0 Å². The molecule has 1 atom stereocenters. The minimum Gasteiger partial charge on any atom is -0.477 e. The predicted molar refractivity (Wildman–Crippen MR) is 72.1 cm³/mol. The molecule has 6 heteroatoms. The third-order valence-electron chi connectivity index (χ3n) is 2.44. The van der Waals surface area contributed by atoms with Crippen LogP contribution in [0.15, 0.2) is 18.3 Å². The molecule has 0 spiro atoms. The van der Waals surface area contributed by atoms with Gasteiger partial charge in [-0.1, -0.05) is 13.8 Å². The van der Waals surface area contributed by atoms with E-state index in [0.29, 0.717) is 18.2 Å². The fourth-order valence-electron chi connectivity index (χ4n) is 1.41. The summed E-state index contributed by atoms with van der Waals surface area (Å²) in [6, 6.07) is 2.58. The van der Waals surface area contributed by atoms with Crippen LogP contribution in [0.25, 0.3) is 0 Å². The molecule has 0 aliphatic heterocycles. The van der Waals surface area contributed by atoms with E-state index in [-0.39, 0.29) is 11.6 Å². The molecular formula is C13H19N3O3. The lowest BCUT2D eigenvalue weighted by atomic mass is 10.2. The molecule has 1 amide bonds. The summed E-state index contributed by atoms with van der Waals surface area (Å²) in [6.45, 7) is 6.36. The Hall–Kier alpha value is -2.11. The van der Waals surface area contributed by atoms with Gasteiger partial charge in [-0.25, -0.2) is 9.78 Å². The van der Waals surface area contributed by atoms with Crippen molar-refractivity contribution >= 4 is 17.6 Å². The number of aromatic nitrogens is 1. The normalized spacial score (nSPS) is 12.0.